The van der Waals surface area contributed by atoms with Gasteiger partial charge in [0.1, 0.15) is 34.7 Å². The summed E-state index contributed by atoms with van der Waals surface area (Å²) in [6, 6.07) is 19.2. The van der Waals surface area contributed by atoms with E-state index in [0.717, 1.165) is 54.0 Å². The van der Waals surface area contributed by atoms with Gasteiger partial charge in [0.05, 0.1) is 47.0 Å². The summed E-state index contributed by atoms with van der Waals surface area (Å²) in [5.41, 5.74) is 8.06. The zero-order valence-electron chi connectivity index (χ0n) is 40.5. The van der Waals surface area contributed by atoms with Crippen LogP contribution in [-0.2, 0) is 14.4 Å². The van der Waals surface area contributed by atoms with E-state index in [2.05, 4.69) is 45.0 Å². The minimum Gasteiger partial charge on any atom is -0.494 e. The van der Waals surface area contributed by atoms with E-state index < -0.39 is 41.5 Å². The maximum absolute atomic E-state index is 14.3. The van der Waals surface area contributed by atoms with E-state index in [9.17, 15) is 24.3 Å². The molecule has 5 heterocycles. The number of aliphatic hydroxyl groups is 1. The normalized spacial score (nSPS) is 17.4. The van der Waals surface area contributed by atoms with Crippen molar-refractivity contribution >= 4 is 63.6 Å². The quantitative estimate of drug-likeness (QED) is 0.0735. The van der Waals surface area contributed by atoms with Crippen molar-refractivity contribution in [3.63, 3.8) is 0 Å². The van der Waals surface area contributed by atoms with Crippen molar-refractivity contribution in [2.75, 3.05) is 19.7 Å². The Kier molecular flexibility index (Phi) is 15.0. The number of nitrogens with zero attached hydrogens (tertiary/aromatic N) is 6. The lowest BCUT2D eigenvalue weighted by atomic mass is 9.85. The summed E-state index contributed by atoms with van der Waals surface area (Å²) in [5, 5.41) is 30.1. The molecule has 1 saturated heterocycles. The van der Waals surface area contributed by atoms with Gasteiger partial charge >= 0.3 is 0 Å². The van der Waals surface area contributed by atoms with E-state index >= 15 is 0 Å². The van der Waals surface area contributed by atoms with Crippen LogP contribution in [0.1, 0.15) is 114 Å². The topological polar surface area (TPSA) is 193 Å². The molecule has 0 radical (unpaired) electrons. The number of likely N-dealkylation sites (tertiary alicyclic amines) is 1. The number of fused-ring (bicyclic) bond motifs is 3. The van der Waals surface area contributed by atoms with E-state index in [1.54, 1.807) is 46.9 Å². The smallest absolute Gasteiger partial charge is 0.251 e. The predicted octanol–water partition coefficient (Wildman–Crippen LogP) is 8.19. The van der Waals surface area contributed by atoms with Crippen molar-refractivity contribution in [1.29, 1.82) is 0 Å². The molecule has 18 heteroatoms. The van der Waals surface area contributed by atoms with E-state index in [0.29, 0.717) is 47.6 Å². The standard InChI is InChI=1S/C52H58ClN9O6S2/c1-28-31(4)70-51-43(28)44(34-14-18-37(53)19-15-34)57-40(47-60-59-32(5)62(47)51)25-42(64)54-22-9-23-68-39-20-16-36(17-21-39)48(65)58-46(52(6,7)8)50(67)61-26-38(63)24-41(61)49(66)56-29(2)33-10-12-35(13-11-33)45-30(3)55-27-69-45/h10-21,27,29,38,40-41,46,63H,9,22-26H2,1-8H3,(H,54,64)(H,56,66)(H,58,65)/t29-,38+,40-,41-,46?/m0/s1. The Labute approximate surface area is 420 Å². The summed E-state index contributed by atoms with van der Waals surface area (Å²) in [4.78, 5) is 68.3. The number of hydrogen-bond acceptors (Lipinski definition) is 12. The number of carbonyl (C=O) groups is 4. The highest BCUT2D eigenvalue weighted by Crippen LogP contribution is 2.40. The zero-order valence-corrected chi connectivity index (χ0v) is 42.9. The van der Waals surface area contributed by atoms with Crippen LogP contribution in [0.4, 0.5) is 0 Å². The third kappa shape index (κ3) is 10.9. The molecule has 5 atom stereocenters. The minimum absolute atomic E-state index is 0.0346. The van der Waals surface area contributed by atoms with Gasteiger partial charge in [-0.1, -0.05) is 68.8 Å². The van der Waals surface area contributed by atoms with E-state index in [1.165, 1.54) is 4.90 Å². The number of ether oxygens (including phenoxy) is 1. The number of nitrogens with one attached hydrogen (secondary N) is 3. The van der Waals surface area contributed by atoms with Gasteiger partial charge < -0.3 is 30.7 Å². The third-order valence-electron chi connectivity index (χ3n) is 12.8. The Morgan fingerprint density at radius 2 is 1.63 bits per heavy atom. The molecule has 2 aliphatic heterocycles. The van der Waals surface area contributed by atoms with Crippen LogP contribution in [-0.4, -0.2) is 97.0 Å². The third-order valence-corrected chi connectivity index (χ3v) is 15.2. The molecule has 0 bridgehead atoms. The summed E-state index contributed by atoms with van der Waals surface area (Å²) in [7, 11) is 0. The van der Waals surface area contributed by atoms with E-state index in [1.807, 2.05) is 100 Å². The van der Waals surface area contributed by atoms with Crippen LogP contribution in [0.15, 0.2) is 83.3 Å². The van der Waals surface area contributed by atoms with Gasteiger partial charge in [-0.3, -0.25) is 28.7 Å². The second kappa shape index (κ2) is 21.0. The number of aliphatic hydroxyl groups excluding tert-OH is 1. The van der Waals surface area contributed by atoms with Crippen LogP contribution in [0.25, 0.3) is 15.4 Å². The average Bonchev–Trinajstić information content (AvgIpc) is 4.10. The molecule has 1 unspecified atom stereocenters. The second-order valence-electron chi connectivity index (χ2n) is 19.0. The van der Waals surface area contributed by atoms with Crippen LogP contribution in [0.3, 0.4) is 0 Å². The Balaban J connectivity index is 0.836. The van der Waals surface area contributed by atoms with Crippen molar-refractivity contribution in [2.24, 2.45) is 10.4 Å². The first kappa shape index (κ1) is 50.1. The number of hydrogen-bond donors (Lipinski definition) is 4. The molecule has 4 N–H and O–H groups in total. The molecule has 6 aromatic rings. The van der Waals surface area contributed by atoms with Crippen LogP contribution < -0.4 is 20.7 Å². The highest BCUT2D eigenvalue weighted by Gasteiger charge is 2.45. The van der Waals surface area contributed by atoms with E-state index in [-0.39, 0.29) is 37.2 Å². The van der Waals surface area contributed by atoms with Crippen LogP contribution in [0, 0.1) is 33.1 Å². The number of rotatable bonds is 15. The number of aromatic nitrogens is 4. The number of amides is 4. The lowest BCUT2D eigenvalue weighted by Gasteiger charge is -2.35. The van der Waals surface area contributed by atoms with Crippen LogP contribution in [0.2, 0.25) is 5.02 Å². The molecule has 0 aliphatic carbocycles. The first-order valence-electron chi connectivity index (χ1n) is 23.3. The lowest BCUT2D eigenvalue weighted by molar-refractivity contribution is -0.142. The van der Waals surface area contributed by atoms with Crippen LogP contribution >= 0.6 is 34.3 Å². The number of aryl methyl sites for hydroxylation is 3. The SMILES string of the molecule is Cc1ncsc1-c1ccc([C@H](C)NC(=O)[C@@H]2C[C@@H](O)CN2C(=O)C(NC(=O)c2ccc(OCCCNC(=O)C[C@@H]3N=C(c4ccc(Cl)cc4)c4c(sc(C)c4C)-n4c(C)nnc43)cc2)C(C)(C)C)cc1. The first-order chi connectivity index (χ1) is 33.4. The number of thiazole rings is 1. The molecule has 0 spiro atoms. The van der Waals surface area contributed by atoms with Gasteiger partial charge in [0.2, 0.25) is 17.7 Å². The molecule has 15 nitrogen and oxygen atoms in total. The van der Waals surface area contributed by atoms with Gasteiger partial charge in [-0.25, -0.2) is 4.98 Å². The molecular formula is C52H58ClN9O6S2. The average molecular weight is 1000 g/mol. The highest BCUT2D eigenvalue weighted by molar-refractivity contribution is 7.15. The molecular weight excluding hydrogens is 946 g/mol. The number of halogens is 1. The number of thiophene rings is 1. The molecule has 366 valence electrons. The fourth-order valence-electron chi connectivity index (χ4n) is 8.80. The van der Waals surface area contributed by atoms with Crippen molar-refractivity contribution in [3.8, 4) is 21.2 Å². The number of carbonyl (C=O) groups excluding carboxylic acids is 4. The summed E-state index contributed by atoms with van der Waals surface area (Å²) in [6.07, 6.45) is -0.238. The fourth-order valence-corrected chi connectivity index (χ4v) is 11.0. The van der Waals surface area contributed by atoms with Gasteiger partial charge in [-0.05, 0) is 99.5 Å². The van der Waals surface area contributed by atoms with Gasteiger partial charge in [0.15, 0.2) is 5.82 Å². The molecule has 3 aromatic heterocycles. The van der Waals surface area contributed by atoms with E-state index in [4.69, 9.17) is 21.3 Å². The summed E-state index contributed by atoms with van der Waals surface area (Å²) in [5.74, 6) is 0.357. The van der Waals surface area contributed by atoms with Gasteiger partial charge in [0.25, 0.3) is 5.91 Å². The predicted molar refractivity (Wildman–Crippen MR) is 273 cm³/mol. The van der Waals surface area contributed by atoms with Crippen molar-refractivity contribution in [3.05, 3.63) is 133 Å². The van der Waals surface area contributed by atoms with Crippen molar-refractivity contribution in [2.45, 2.75) is 105 Å². The molecule has 1 fully saturated rings. The monoisotopic (exact) mass is 1000 g/mol. The summed E-state index contributed by atoms with van der Waals surface area (Å²) in [6.45, 7) is 16.1. The Morgan fingerprint density at radius 3 is 2.30 bits per heavy atom. The maximum atomic E-state index is 14.3. The van der Waals surface area contributed by atoms with Gasteiger partial charge in [-0.15, -0.1) is 32.9 Å². The largest absolute Gasteiger partial charge is 0.494 e. The molecule has 2 aliphatic rings. The second-order valence-corrected chi connectivity index (χ2v) is 21.5. The maximum Gasteiger partial charge on any atom is 0.251 e. The number of aliphatic imine (C=N–C) groups is 1. The Bertz CT molecular complexity index is 2920. The van der Waals surface area contributed by atoms with Gasteiger partial charge in [-0.2, -0.15) is 0 Å². The number of β-amino-alcohol motifs (C(OH)–C–C–N with tert-alkyl or cyclic N) is 1. The van der Waals surface area contributed by atoms with Crippen LogP contribution in [0.5, 0.6) is 5.75 Å². The Hall–Kier alpha value is -6.27. The van der Waals surface area contributed by atoms with Crippen molar-refractivity contribution in [1.82, 2.24) is 40.6 Å². The highest BCUT2D eigenvalue weighted by atomic mass is 35.5. The zero-order chi connectivity index (χ0) is 50.0. The Morgan fingerprint density at radius 1 is 0.929 bits per heavy atom. The number of benzene rings is 3. The summed E-state index contributed by atoms with van der Waals surface area (Å²) < 4.78 is 7.98. The minimum atomic E-state index is -1.00. The molecule has 0 saturated carbocycles. The molecule has 8 rings (SSSR count). The van der Waals surface area contributed by atoms with Crippen molar-refractivity contribution < 1.29 is 29.0 Å². The van der Waals surface area contributed by atoms with Gasteiger partial charge in [0, 0.05) is 46.1 Å². The molecule has 70 heavy (non-hydrogen) atoms. The molecule has 3 aromatic carbocycles. The fraction of sp³-hybridized carbons (Fsp3) is 0.385. The molecule has 4 amide bonds. The summed E-state index contributed by atoms with van der Waals surface area (Å²) >= 11 is 9.48. The first-order valence-corrected chi connectivity index (χ1v) is 25.4. The lowest BCUT2D eigenvalue weighted by Crippen LogP contribution is -2.57.